The summed E-state index contributed by atoms with van der Waals surface area (Å²) in [4.78, 5) is 10.8. The highest BCUT2D eigenvalue weighted by Crippen LogP contribution is 2.26. The van der Waals surface area contributed by atoms with Gasteiger partial charge in [-0.15, -0.1) is 5.11 Å². The number of azo groups is 1. The van der Waals surface area contributed by atoms with E-state index in [2.05, 4.69) is 16.3 Å². The number of carbonyl (C=O) groups excluding carboxylic acids is 1. The summed E-state index contributed by atoms with van der Waals surface area (Å²) < 4.78 is 0. The summed E-state index contributed by atoms with van der Waals surface area (Å²) in [5.74, 6) is -0.342. The van der Waals surface area contributed by atoms with Crippen LogP contribution in [0.3, 0.4) is 0 Å². The van der Waals surface area contributed by atoms with E-state index >= 15 is 0 Å². The summed E-state index contributed by atoms with van der Waals surface area (Å²) in [7, 11) is 0. The minimum Gasteiger partial charge on any atom is -0.266 e. The fraction of sp³-hybridized carbons (Fsp3) is 0.167. The fourth-order valence-corrected chi connectivity index (χ4v) is 1.63. The van der Waals surface area contributed by atoms with E-state index in [0.717, 1.165) is 11.1 Å². The number of nitriles is 1. The summed E-state index contributed by atoms with van der Waals surface area (Å²) in [6.07, 6.45) is 3.09. The fourth-order valence-electron chi connectivity index (χ4n) is 1.63. The molecule has 1 atom stereocenters. The number of hydrogen-bond acceptors (Lipinski definition) is 3. The number of amides is 1. The molecule has 0 aliphatic carbocycles. The summed E-state index contributed by atoms with van der Waals surface area (Å²) in [6, 6.07) is 7.31. The van der Waals surface area contributed by atoms with Crippen molar-refractivity contribution < 1.29 is 4.79 Å². The molecular formula is C12H9N3O. The zero-order valence-electron chi connectivity index (χ0n) is 8.71. The highest BCUT2D eigenvalue weighted by Gasteiger charge is 2.15. The standard InChI is InChI=1S/C12H9N3O/c1-8-9(7-13)3-2-4-10(8)11-5-6-12(16)15-14-11/h2-6,11H,1H3. The summed E-state index contributed by atoms with van der Waals surface area (Å²) in [5, 5.41) is 16.3. The molecule has 0 radical (unpaired) electrons. The third kappa shape index (κ3) is 1.75. The predicted molar refractivity (Wildman–Crippen MR) is 57.6 cm³/mol. The molecule has 1 aliphatic heterocycles. The first-order valence-electron chi connectivity index (χ1n) is 4.85. The van der Waals surface area contributed by atoms with Gasteiger partial charge < -0.3 is 0 Å². The van der Waals surface area contributed by atoms with Gasteiger partial charge in [0.25, 0.3) is 5.91 Å². The molecule has 0 fully saturated rings. The van der Waals surface area contributed by atoms with Crippen LogP contribution in [0.5, 0.6) is 0 Å². The number of carbonyl (C=O) groups is 1. The molecule has 0 saturated heterocycles. The molecule has 78 valence electrons. The van der Waals surface area contributed by atoms with Crippen LogP contribution in [0.1, 0.15) is 22.7 Å². The van der Waals surface area contributed by atoms with E-state index in [1.807, 2.05) is 13.0 Å². The molecule has 1 aromatic rings. The lowest BCUT2D eigenvalue weighted by Gasteiger charge is -2.12. The predicted octanol–water partition coefficient (Wildman–Crippen LogP) is 2.46. The smallest absolute Gasteiger partial charge is 0.266 e. The maximum absolute atomic E-state index is 10.8. The van der Waals surface area contributed by atoms with Crippen molar-refractivity contribution in [1.82, 2.24) is 0 Å². The first kappa shape index (κ1) is 10.2. The Morgan fingerprint density at radius 2 is 2.25 bits per heavy atom. The first-order chi connectivity index (χ1) is 7.72. The van der Waals surface area contributed by atoms with Gasteiger partial charge in [-0.05, 0) is 30.2 Å². The monoisotopic (exact) mass is 211 g/mol. The lowest BCUT2D eigenvalue weighted by atomic mass is 9.97. The van der Waals surface area contributed by atoms with Gasteiger partial charge in [-0.1, -0.05) is 12.1 Å². The SMILES string of the molecule is Cc1c(C#N)cccc1C1C=CC(=O)N=N1. The Morgan fingerprint density at radius 1 is 1.44 bits per heavy atom. The van der Waals surface area contributed by atoms with Gasteiger partial charge in [-0.3, -0.25) is 4.79 Å². The Kier molecular flexibility index (Phi) is 2.61. The molecule has 0 saturated carbocycles. The third-order valence-corrected chi connectivity index (χ3v) is 2.52. The van der Waals surface area contributed by atoms with Crippen molar-refractivity contribution in [1.29, 1.82) is 5.26 Å². The van der Waals surface area contributed by atoms with Crippen molar-refractivity contribution in [3.8, 4) is 6.07 Å². The normalized spacial score (nSPS) is 18.5. The Hall–Kier alpha value is -2.28. The lowest BCUT2D eigenvalue weighted by molar-refractivity contribution is -0.114. The van der Waals surface area contributed by atoms with Gasteiger partial charge in [0.15, 0.2) is 0 Å². The van der Waals surface area contributed by atoms with Crippen molar-refractivity contribution >= 4 is 5.91 Å². The Morgan fingerprint density at radius 3 is 2.88 bits per heavy atom. The molecule has 1 aliphatic rings. The van der Waals surface area contributed by atoms with Gasteiger partial charge in [0, 0.05) is 6.08 Å². The average Bonchev–Trinajstić information content (AvgIpc) is 2.31. The van der Waals surface area contributed by atoms with Crippen LogP contribution in [0.2, 0.25) is 0 Å². The van der Waals surface area contributed by atoms with E-state index in [9.17, 15) is 4.79 Å². The van der Waals surface area contributed by atoms with Crippen LogP contribution in [-0.4, -0.2) is 5.91 Å². The van der Waals surface area contributed by atoms with Crippen LogP contribution >= 0.6 is 0 Å². The van der Waals surface area contributed by atoms with E-state index in [-0.39, 0.29) is 11.9 Å². The molecule has 0 N–H and O–H groups in total. The van der Waals surface area contributed by atoms with Crippen molar-refractivity contribution in [2.24, 2.45) is 10.2 Å². The number of nitrogens with zero attached hydrogens (tertiary/aromatic N) is 3. The summed E-state index contributed by atoms with van der Waals surface area (Å²) in [6.45, 7) is 1.87. The third-order valence-electron chi connectivity index (χ3n) is 2.52. The molecule has 0 spiro atoms. The maximum Gasteiger partial charge on any atom is 0.287 e. The topological polar surface area (TPSA) is 65.6 Å². The Balaban J connectivity index is 2.43. The minimum absolute atomic E-state index is 0.258. The minimum atomic E-state index is -0.342. The van der Waals surface area contributed by atoms with Crippen molar-refractivity contribution in [3.63, 3.8) is 0 Å². The Bertz CT molecular complexity index is 522. The first-order valence-corrected chi connectivity index (χ1v) is 4.85. The van der Waals surface area contributed by atoms with E-state index in [1.54, 1.807) is 18.2 Å². The molecule has 0 bridgehead atoms. The van der Waals surface area contributed by atoms with Gasteiger partial charge in [0.05, 0.1) is 11.6 Å². The molecule has 4 nitrogen and oxygen atoms in total. The van der Waals surface area contributed by atoms with Crippen molar-refractivity contribution in [2.75, 3.05) is 0 Å². The van der Waals surface area contributed by atoms with E-state index in [4.69, 9.17) is 5.26 Å². The Labute approximate surface area is 92.9 Å². The van der Waals surface area contributed by atoms with Crippen LogP contribution in [0, 0.1) is 18.3 Å². The quantitative estimate of drug-likeness (QED) is 0.716. The molecule has 2 rings (SSSR count). The van der Waals surface area contributed by atoms with Gasteiger partial charge in [0.2, 0.25) is 0 Å². The molecule has 1 aromatic carbocycles. The van der Waals surface area contributed by atoms with Gasteiger partial charge in [-0.2, -0.15) is 10.4 Å². The van der Waals surface area contributed by atoms with Crippen LogP contribution in [0.15, 0.2) is 40.6 Å². The van der Waals surface area contributed by atoms with Crippen molar-refractivity contribution in [3.05, 3.63) is 47.0 Å². The largest absolute Gasteiger partial charge is 0.287 e. The highest BCUT2D eigenvalue weighted by atomic mass is 16.1. The zero-order valence-corrected chi connectivity index (χ0v) is 8.71. The second-order valence-corrected chi connectivity index (χ2v) is 3.49. The van der Waals surface area contributed by atoms with Gasteiger partial charge in [0.1, 0.15) is 6.04 Å². The molecule has 1 heterocycles. The number of hydrogen-bond donors (Lipinski definition) is 0. The summed E-state index contributed by atoms with van der Waals surface area (Å²) >= 11 is 0. The molecule has 0 aromatic heterocycles. The van der Waals surface area contributed by atoms with Crippen LogP contribution in [0.25, 0.3) is 0 Å². The van der Waals surface area contributed by atoms with Crippen LogP contribution < -0.4 is 0 Å². The second-order valence-electron chi connectivity index (χ2n) is 3.49. The molecule has 1 amide bonds. The average molecular weight is 211 g/mol. The molecule has 16 heavy (non-hydrogen) atoms. The van der Waals surface area contributed by atoms with Crippen molar-refractivity contribution in [2.45, 2.75) is 13.0 Å². The zero-order chi connectivity index (χ0) is 11.5. The lowest BCUT2D eigenvalue weighted by Crippen LogP contribution is -2.02. The van der Waals surface area contributed by atoms with Gasteiger partial charge >= 0.3 is 0 Å². The highest BCUT2D eigenvalue weighted by molar-refractivity contribution is 5.88. The van der Waals surface area contributed by atoms with Crippen LogP contribution in [0.4, 0.5) is 0 Å². The van der Waals surface area contributed by atoms with E-state index in [0.29, 0.717) is 5.56 Å². The van der Waals surface area contributed by atoms with E-state index < -0.39 is 0 Å². The number of rotatable bonds is 1. The maximum atomic E-state index is 10.8. The van der Waals surface area contributed by atoms with Crippen LogP contribution in [-0.2, 0) is 4.79 Å². The summed E-state index contributed by atoms with van der Waals surface area (Å²) in [5.41, 5.74) is 2.41. The molecule has 4 heteroatoms. The van der Waals surface area contributed by atoms with E-state index in [1.165, 1.54) is 6.08 Å². The molecule has 1 unspecified atom stereocenters. The van der Waals surface area contributed by atoms with Gasteiger partial charge in [-0.25, -0.2) is 0 Å². The molecular weight excluding hydrogens is 202 g/mol. The second kappa shape index (κ2) is 4.07. The number of benzene rings is 1.